The zero-order chi connectivity index (χ0) is 33.4. The molecule has 0 aliphatic carbocycles. The molecule has 10 nitrogen and oxygen atoms in total. The third kappa shape index (κ3) is 10.7. The van der Waals surface area contributed by atoms with Crippen LogP contribution in [0, 0.1) is 18.6 Å². The van der Waals surface area contributed by atoms with Gasteiger partial charge in [0.1, 0.15) is 22.0 Å². The third-order valence-electron chi connectivity index (χ3n) is 6.27. The molecule has 0 spiro atoms. The van der Waals surface area contributed by atoms with Crippen LogP contribution in [-0.2, 0) is 25.9 Å². The Kier molecular flexibility index (Phi) is 15.7. The number of halogens is 2. The van der Waals surface area contributed by atoms with Gasteiger partial charge in [0, 0.05) is 63.6 Å². The van der Waals surface area contributed by atoms with Crippen molar-refractivity contribution in [2.75, 3.05) is 40.5 Å². The molecule has 0 aliphatic rings. The Morgan fingerprint density at radius 3 is 2.36 bits per heavy atom. The number of hydrogen-bond acceptors (Lipinski definition) is 9. The largest absolute Gasteiger partial charge is 0.436 e. The Labute approximate surface area is 262 Å². The summed E-state index contributed by atoms with van der Waals surface area (Å²) in [6.07, 6.45) is 2.60. The third-order valence-corrected chi connectivity index (χ3v) is 7.75. The molecule has 2 aromatic heterocycles. The Morgan fingerprint density at radius 1 is 1.00 bits per heavy atom. The van der Waals surface area contributed by atoms with E-state index in [2.05, 4.69) is 9.71 Å². The quantitative estimate of drug-likeness (QED) is 0.142. The molecule has 0 bridgehead atoms. The molecule has 0 amide bonds. The molecule has 2 aromatic carbocycles. The van der Waals surface area contributed by atoms with Gasteiger partial charge in [0.2, 0.25) is 10.0 Å². The molecule has 4 rings (SSSR count). The van der Waals surface area contributed by atoms with Crippen LogP contribution in [-0.4, -0.2) is 53.9 Å². The lowest BCUT2D eigenvalue weighted by Gasteiger charge is -2.12. The molecule has 0 atom stereocenters. The number of nitrogens with one attached hydrogen (secondary N) is 1. The van der Waals surface area contributed by atoms with Gasteiger partial charge in [-0.1, -0.05) is 26.0 Å². The van der Waals surface area contributed by atoms with Gasteiger partial charge in [-0.25, -0.2) is 31.7 Å². The lowest BCUT2D eigenvalue weighted by Crippen LogP contribution is -2.26. The first-order chi connectivity index (χ1) is 21.6. The normalized spacial score (nSPS) is 10.9. The van der Waals surface area contributed by atoms with Crippen molar-refractivity contribution in [1.82, 2.24) is 9.71 Å². The van der Waals surface area contributed by atoms with Crippen LogP contribution in [0.4, 0.5) is 8.78 Å². The number of nitrogens with zero attached hydrogens (tertiary/aromatic N) is 1. The van der Waals surface area contributed by atoms with E-state index in [1.807, 2.05) is 13.8 Å². The number of aromatic nitrogens is 1. The van der Waals surface area contributed by atoms with Crippen LogP contribution in [0.2, 0.25) is 0 Å². The van der Waals surface area contributed by atoms with Gasteiger partial charge in [0.15, 0.2) is 5.82 Å². The van der Waals surface area contributed by atoms with Gasteiger partial charge in [0.25, 0.3) is 5.88 Å². The minimum atomic E-state index is -4.10. The van der Waals surface area contributed by atoms with Gasteiger partial charge in [0.05, 0.1) is 0 Å². The van der Waals surface area contributed by atoms with E-state index in [4.69, 9.17) is 24.4 Å². The van der Waals surface area contributed by atoms with Gasteiger partial charge < -0.3 is 24.4 Å². The van der Waals surface area contributed by atoms with Crippen molar-refractivity contribution in [3.63, 3.8) is 0 Å². The zero-order valence-corrected chi connectivity index (χ0v) is 27.0. The van der Waals surface area contributed by atoms with E-state index in [9.17, 15) is 17.6 Å². The zero-order valence-electron chi connectivity index (χ0n) is 26.2. The van der Waals surface area contributed by atoms with Gasteiger partial charge in [-0.15, -0.1) is 0 Å². The Balaban J connectivity index is 0.000000790. The fraction of sp³-hybridized carbons (Fsp3) is 0.375. The summed E-state index contributed by atoms with van der Waals surface area (Å²) in [5.74, 6) is -1.60. The predicted molar refractivity (Wildman–Crippen MR) is 169 cm³/mol. The van der Waals surface area contributed by atoms with Crippen molar-refractivity contribution in [1.29, 1.82) is 0 Å². The first-order valence-electron chi connectivity index (χ1n) is 14.4. The maximum atomic E-state index is 15.3. The number of ether oxygens (including phenoxy) is 3. The van der Waals surface area contributed by atoms with Crippen molar-refractivity contribution in [2.24, 2.45) is 5.73 Å². The molecular formula is C32H41F2N3O7S. The summed E-state index contributed by atoms with van der Waals surface area (Å²) in [6, 6.07) is 11.3. The summed E-state index contributed by atoms with van der Waals surface area (Å²) < 4.78 is 77.2. The number of aryl methyl sites for hydroxylation is 1. The standard InChI is InChI=1S/C26H24F2N2O6S.C4H11NO.C2H6/c1-16-19-10-9-18(35-25-21(27)7-4-11-29-25)15-22(19)36-26(31)20(16)14-17-6-3-8-23(24(17)28)37(32,33)30-12-5-13-34-2;1-6-4-2-3-5;1-2/h3-4,6-11,15,30H,5,12-14H2,1-2H3;2-5H2,1H3;1-2H3. The second kappa shape index (κ2) is 18.9. The molecule has 13 heteroatoms. The molecule has 4 aromatic rings. The van der Waals surface area contributed by atoms with E-state index < -0.39 is 32.2 Å². The Morgan fingerprint density at radius 2 is 1.71 bits per heavy atom. The highest BCUT2D eigenvalue weighted by Gasteiger charge is 2.22. The molecule has 0 fully saturated rings. The summed E-state index contributed by atoms with van der Waals surface area (Å²) in [5, 5.41) is 0.562. The van der Waals surface area contributed by atoms with Gasteiger partial charge in [-0.2, -0.15) is 0 Å². The second-order valence-corrected chi connectivity index (χ2v) is 11.1. The van der Waals surface area contributed by atoms with Crippen molar-refractivity contribution >= 4 is 21.0 Å². The van der Waals surface area contributed by atoms with Crippen LogP contribution >= 0.6 is 0 Å². The first kappa shape index (κ1) is 37.4. The molecule has 0 saturated carbocycles. The van der Waals surface area contributed by atoms with Crippen molar-refractivity contribution in [2.45, 2.75) is 44.9 Å². The van der Waals surface area contributed by atoms with Crippen LogP contribution in [0.5, 0.6) is 11.6 Å². The van der Waals surface area contributed by atoms with E-state index in [0.29, 0.717) is 24.0 Å². The maximum absolute atomic E-state index is 15.3. The lowest BCUT2D eigenvalue weighted by atomic mass is 9.99. The first-order valence-corrected chi connectivity index (χ1v) is 15.9. The monoisotopic (exact) mass is 649 g/mol. The number of fused-ring (bicyclic) bond motifs is 1. The van der Waals surface area contributed by atoms with Gasteiger partial charge >= 0.3 is 5.63 Å². The summed E-state index contributed by atoms with van der Waals surface area (Å²) in [5.41, 5.74) is 5.36. The highest BCUT2D eigenvalue weighted by molar-refractivity contribution is 7.89. The van der Waals surface area contributed by atoms with E-state index in [-0.39, 0.29) is 41.3 Å². The van der Waals surface area contributed by atoms with E-state index in [1.165, 1.54) is 49.7 Å². The summed E-state index contributed by atoms with van der Waals surface area (Å²) in [6.45, 7) is 7.65. The number of pyridine rings is 1. The molecule has 0 unspecified atom stereocenters. The van der Waals surface area contributed by atoms with Crippen molar-refractivity contribution < 1.29 is 35.8 Å². The molecule has 246 valence electrons. The van der Waals surface area contributed by atoms with Crippen LogP contribution in [0.15, 0.2) is 68.8 Å². The average molecular weight is 650 g/mol. The van der Waals surface area contributed by atoms with Crippen molar-refractivity contribution in [3.8, 4) is 11.6 Å². The summed E-state index contributed by atoms with van der Waals surface area (Å²) in [7, 11) is -0.927. The minimum Gasteiger partial charge on any atom is -0.436 e. The lowest BCUT2D eigenvalue weighted by molar-refractivity contribution is 0.196. The Hall–Kier alpha value is -3.75. The number of nitrogens with two attached hydrogens (primary N) is 1. The van der Waals surface area contributed by atoms with E-state index in [0.717, 1.165) is 19.6 Å². The molecule has 2 heterocycles. The van der Waals surface area contributed by atoms with Crippen LogP contribution < -0.4 is 20.8 Å². The number of sulfonamides is 1. The van der Waals surface area contributed by atoms with Gasteiger partial charge in [-0.3, -0.25) is 0 Å². The fourth-order valence-electron chi connectivity index (χ4n) is 4.02. The van der Waals surface area contributed by atoms with E-state index >= 15 is 4.39 Å². The van der Waals surface area contributed by atoms with Crippen molar-refractivity contribution in [3.05, 3.63) is 93.5 Å². The SMILES string of the molecule is CC.COCCCN.COCCCNS(=O)(=O)c1cccc(Cc2c(C)c3ccc(Oc4ncccc4F)cc3oc2=O)c1F. The fourth-order valence-corrected chi connectivity index (χ4v) is 5.21. The number of rotatable bonds is 13. The highest BCUT2D eigenvalue weighted by Crippen LogP contribution is 2.29. The molecule has 3 N–H and O–H groups in total. The van der Waals surface area contributed by atoms with Gasteiger partial charge in [-0.05, 0) is 67.8 Å². The maximum Gasteiger partial charge on any atom is 0.340 e. The molecule has 0 radical (unpaired) electrons. The van der Waals surface area contributed by atoms with Crippen LogP contribution in [0.25, 0.3) is 11.0 Å². The molecule has 0 aliphatic heterocycles. The minimum absolute atomic E-state index is 0.0279. The molecular weight excluding hydrogens is 608 g/mol. The van der Waals surface area contributed by atoms with Crippen LogP contribution in [0.3, 0.4) is 0 Å². The second-order valence-electron chi connectivity index (χ2n) is 9.33. The number of benzene rings is 2. The van der Waals surface area contributed by atoms with Crippen LogP contribution in [0.1, 0.15) is 43.4 Å². The highest BCUT2D eigenvalue weighted by atomic mass is 32.2. The number of methoxy groups -OCH3 is 2. The summed E-state index contributed by atoms with van der Waals surface area (Å²) in [4.78, 5) is 16.2. The average Bonchev–Trinajstić information content (AvgIpc) is 3.03. The Bertz CT molecular complexity index is 1680. The summed E-state index contributed by atoms with van der Waals surface area (Å²) >= 11 is 0. The predicted octanol–water partition coefficient (Wildman–Crippen LogP) is 5.48. The van der Waals surface area contributed by atoms with E-state index in [1.54, 1.807) is 26.2 Å². The molecule has 45 heavy (non-hydrogen) atoms. The molecule has 0 saturated heterocycles. The number of hydrogen-bond donors (Lipinski definition) is 2. The topological polar surface area (TPSA) is 143 Å². The smallest absolute Gasteiger partial charge is 0.340 e.